The Morgan fingerprint density at radius 3 is 2.34 bits per heavy atom. The third-order valence-electron chi connectivity index (χ3n) is 5.72. The Kier molecular flexibility index (Phi) is 8.98. The first-order valence-corrected chi connectivity index (χ1v) is 13.9. The third kappa shape index (κ3) is 6.06. The molecule has 3 rings (SSSR count). The molecule has 0 saturated carbocycles. The fourth-order valence-corrected chi connectivity index (χ4v) is 6.27. The van der Waals surface area contributed by atoms with Crippen LogP contribution in [0, 0.1) is 0 Å². The van der Waals surface area contributed by atoms with Crippen LogP contribution in [0.5, 0.6) is 0 Å². The van der Waals surface area contributed by atoms with E-state index in [0.29, 0.717) is 17.9 Å². The van der Waals surface area contributed by atoms with E-state index in [1.165, 1.54) is 52.6 Å². The molecule has 10 heteroatoms. The van der Waals surface area contributed by atoms with Gasteiger partial charge in [-0.2, -0.15) is 9.30 Å². The zero-order chi connectivity index (χ0) is 25.6. The monoisotopic (exact) mass is 517 g/mol. The lowest BCUT2D eigenvalue weighted by atomic mass is 10.1. The molecule has 0 aliphatic carbocycles. The molecule has 0 spiro atoms. The molecule has 0 aliphatic rings. The second-order valence-electron chi connectivity index (χ2n) is 7.98. The van der Waals surface area contributed by atoms with E-state index in [2.05, 4.69) is 18.0 Å². The molecule has 0 N–H and O–H groups in total. The van der Waals surface area contributed by atoms with E-state index in [9.17, 15) is 18.0 Å². The normalized spacial score (nSPS) is 12.4. The van der Waals surface area contributed by atoms with Crippen LogP contribution in [0.4, 0.5) is 0 Å². The molecule has 188 valence electrons. The molecule has 1 heterocycles. The number of thiazole rings is 1. The Balaban J connectivity index is 2.00. The number of ether oxygens (including phenoxy) is 1. The summed E-state index contributed by atoms with van der Waals surface area (Å²) in [7, 11) is -2.30. The Hall–Kier alpha value is -2.82. The van der Waals surface area contributed by atoms with Gasteiger partial charge in [-0.3, -0.25) is 9.59 Å². The summed E-state index contributed by atoms with van der Waals surface area (Å²) < 4.78 is 34.2. The number of aryl methyl sites for hydroxylation is 1. The first kappa shape index (κ1) is 26.8. The molecule has 35 heavy (non-hydrogen) atoms. The molecule has 8 nitrogen and oxygen atoms in total. The molecule has 0 saturated heterocycles. The van der Waals surface area contributed by atoms with Gasteiger partial charge in [0.1, 0.15) is 6.54 Å². The number of amides is 1. The van der Waals surface area contributed by atoms with Gasteiger partial charge >= 0.3 is 5.97 Å². The summed E-state index contributed by atoms with van der Waals surface area (Å²) in [5.74, 6) is -0.965. The number of carbonyl (C=O) groups excluding carboxylic acids is 2. The number of carbonyl (C=O) groups is 2. The molecule has 0 bridgehead atoms. The van der Waals surface area contributed by atoms with Gasteiger partial charge in [0.05, 0.1) is 22.2 Å². The maximum absolute atomic E-state index is 13.0. The fourth-order valence-electron chi connectivity index (χ4n) is 3.72. The first-order chi connectivity index (χ1) is 16.7. The van der Waals surface area contributed by atoms with Crippen LogP contribution in [0.2, 0.25) is 0 Å². The van der Waals surface area contributed by atoms with Crippen LogP contribution in [0.3, 0.4) is 0 Å². The standard InChI is InChI=1S/C25H31N3O5S2/c1-5-8-9-18-10-15-21-22(16-18)34-25(28(21)17-23(29)33-4)26-24(30)19-11-13-20(14-12-19)35(31,32)27(6-2)7-3/h10-16H,5-9,17H2,1-4H3. The van der Waals surface area contributed by atoms with E-state index >= 15 is 0 Å². The number of aromatic nitrogens is 1. The van der Waals surface area contributed by atoms with Crippen molar-refractivity contribution in [2.45, 2.75) is 51.5 Å². The minimum absolute atomic E-state index is 0.0715. The van der Waals surface area contributed by atoms with Crippen molar-refractivity contribution < 1.29 is 22.7 Å². The summed E-state index contributed by atoms with van der Waals surface area (Å²) >= 11 is 1.33. The Morgan fingerprint density at radius 1 is 1.06 bits per heavy atom. The number of hydrogen-bond donors (Lipinski definition) is 0. The van der Waals surface area contributed by atoms with Crippen molar-refractivity contribution in [1.29, 1.82) is 0 Å². The van der Waals surface area contributed by atoms with E-state index < -0.39 is 21.9 Å². The Morgan fingerprint density at radius 2 is 1.74 bits per heavy atom. The molecule has 0 atom stereocenters. The molecule has 0 fully saturated rings. The molecule has 2 aromatic carbocycles. The van der Waals surface area contributed by atoms with Gasteiger partial charge < -0.3 is 9.30 Å². The zero-order valence-electron chi connectivity index (χ0n) is 20.5. The van der Waals surface area contributed by atoms with Crippen molar-refractivity contribution in [3.8, 4) is 0 Å². The van der Waals surface area contributed by atoms with Crippen LogP contribution in [-0.4, -0.2) is 49.4 Å². The maximum atomic E-state index is 13.0. The summed E-state index contributed by atoms with van der Waals surface area (Å²) in [4.78, 5) is 29.8. The number of esters is 1. The summed E-state index contributed by atoms with van der Waals surface area (Å²) in [5.41, 5.74) is 2.25. The second kappa shape index (κ2) is 11.7. The van der Waals surface area contributed by atoms with Gasteiger partial charge in [-0.25, -0.2) is 8.42 Å². The van der Waals surface area contributed by atoms with Crippen molar-refractivity contribution in [2.75, 3.05) is 20.2 Å². The molecular formula is C25H31N3O5S2. The van der Waals surface area contributed by atoms with Gasteiger partial charge in [0.2, 0.25) is 10.0 Å². The molecule has 0 radical (unpaired) electrons. The van der Waals surface area contributed by atoms with Crippen LogP contribution >= 0.6 is 11.3 Å². The fraction of sp³-hybridized carbons (Fsp3) is 0.400. The van der Waals surface area contributed by atoms with Crippen LogP contribution in [0.1, 0.15) is 49.5 Å². The molecule has 3 aromatic rings. The highest BCUT2D eigenvalue weighted by molar-refractivity contribution is 7.89. The number of nitrogens with zero attached hydrogens (tertiary/aromatic N) is 3. The predicted octanol–water partition coefficient (Wildman–Crippen LogP) is 3.99. The Bertz CT molecular complexity index is 1370. The number of benzene rings is 2. The van der Waals surface area contributed by atoms with Crippen molar-refractivity contribution in [2.24, 2.45) is 4.99 Å². The van der Waals surface area contributed by atoms with E-state index in [-0.39, 0.29) is 17.0 Å². The highest BCUT2D eigenvalue weighted by atomic mass is 32.2. The smallest absolute Gasteiger partial charge is 0.325 e. The van der Waals surface area contributed by atoms with Crippen molar-refractivity contribution >= 4 is 43.5 Å². The van der Waals surface area contributed by atoms with Crippen LogP contribution < -0.4 is 4.80 Å². The van der Waals surface area contributed by atoms with E-state index in [4.69, 9.17) is 4.74 Å². The number of hydrogen-bond acceptors (Lipinski definition) is 6. The molecule has 0 unspecified atom stereocenters. The summed E-state index contributed by atoms with van der Waals surface area (Å²) in [5, 5.41) is 0. The van der Waals surface area contributed by atoms with Crippen LogP contribution in [0.25, 0.3) is 10.2 Å². The number of fused-ring (bicyclic) bond motifs is 1. The average molecular weight is 518 g/mol. The number of unbranched alkanes of at least 4 members (excludes halogenated alkanes) is 1. The van der Waals surface area contributed by atoms with Crippen molar-refractivity contribution in [1.82, 2.24) is 8.87 Å². The highest BCUT2D eigenvalue weighted by Gasteiger charge is 2.22. The Labute approximate surface area is 209 Å². The van der Waals surface area contributed by atoms with Gasteiger partial charge in [0.15, 0.2) is 4.80 Å². The summed E-state index contributed by atoms with van der Waals surface area (Å²) in [6, 6.07) is 11.8. The number of sulfonamides is 1. The zero-order valence-corrected chi connectivity index (χ0v) is 22.1. The van der Waals surface area contributed by atoms with Gasteiger partial charge in [-0.15, -0.1) is 0 Å². The van der Waals surface area contributed by atoms with Crippen molar-refractivity contribution in [3.63, 3.8) is 0 Å². The molecule has 0 aliphatic heterocycles. The SMILES string of the molecule is CCCCc1ccc2c(c1)sc(=NC(=O)c1ccc(S(=O)(=O)N(CC)CC)cc1)n2CC(=O)OC. The molecule has 1 amide bonds. The van der Waals surface area contributed by atoms with E-state index in [0.717, 1.165) is 29.5 Å². The van der Waals surface area contributed by atoms with Gasteiger partial charge in [0, 0.05) is 18.7 Å². The lowest BCUT2D eigenvalue weighted by molar-refractivity contribution is -0.141. The van der Waals surface area contributed by atoms with E-state index in [1.807, 2.05) is 12.1 Å². The minimum Gasteiger partial charge on any atom is -0.468 e. The average Bonchev–Trinajstić information content (AvgIpc) is 3.18. The van der Waals surface area contributed by atoms with Crippen LogP contribution in [0.15, 0.2) is 52.4 Å². The highest BCUT2D eigenvalue weighted by Crippen LogP contribution is 2.21. The van der Waals surface area contributed by atoms with Gasteiger partial charge in [-0.1, -0.05) is 44.6 Å². The van der Waals surface area contributed by atoms with E-state index in [1.54, 1.807) is 18.4 Å². The summed E-state index contributed by atoms with van der Waals surface area (Å²) in [6.45, 7) is 6.35. The number of methoxy groups -OCH3 is 1. The van der Waals surface area contributed by atoms with Gasteiger partial charge in [-0.05, 0) is 54.8 Å². The lowest BCUT2D eigenvalue weighted by Crippen LogP contribution is -2.30. The lowest BCUT2D eigenvalue weighted by Gasteiger charge is -2.18. The first-order valence-electron chi connectivity index (χ1n) is 11.6. The molecular weight excluding hydrogens is 486 g/mol. The maximum Gasteiger partial charge on any atom is 0.325 e. The van der Waals surface area contributed by atoms with Crippen LogP contribution in [-0.2, 0) is 32.5 Å². The molecule has 1 aromatic heterocycles. The second-order valence-corrected chi connectivity index (χ2v) is 10.9. The third-order valence-corrected chi connectivity index (χ3v) is 8.83. The topological polar surface area (TPSA) is 98.0 Å². The summed E-state index contributed by atoms with van der Waals surface area (Å²) in [6.07, 6.45) is 3.12. The largest absolute Gasteiger partial charge is 0.468 e. The van der Waals surface area contributed by atoms with Gasteiger partial charge in [0.25, 0.3) is 5.91 Å². The van der Waals surface area contributed by atoms with Crippen molar-refractivity contribution in [3.05, 3.63) is 58.4 Å². The predicted molar refractivity (Wildman–Crippen MR) is 137 cm³/mol. The minimum atomic E-state index is -3.62. The number of rotatable bonds is 10. The quantitative estimate of drug-likeness (QED) is 0.379.